The monoisotopic (exact) mass is 400 g/mol. The summed E-state index contributed by atoms with van der Waals surface area (Å²) in [5, 5.41) is 0. The zero-order chi connectivity index (χ0) is 21.0. The third kappa shape index (κ3) is 12.6. The highest BCUT2D eigenvalue weighted by molar-refractivity contribution is 6.81. The summed E-state index contributed by atoms with van der Waals surface area (Å²) in [7, 11) is -1.21. The highest BCUT2D eigenvalue weighted by Gasteiger charge is 2.13. The van der Waals surface area contributed by atoms with Gasteiger partial charge in [-0.05, 0) is 54.2 Å². The van der Waals surface area contributed by atoms with Crippen LogP contribution in [0.15, 0.2) is 30.0 Å². The summed E-state index contributed by atoms with van der Waals surface area (Å²) in [6.45, 7) is 16.7. The normalized spacial score (nSPS) is 13.2. The number of benzene rings is 1. The molecule has 0 fully saturated rings. The van der Waals surface area contributed by atoms with Crippen molar-refractivity contribution in [2.24, 2.45) is 5.41 Å². The molecule has 1 heteroatoms. The molecule has 0 bridgehead atoms. The second kappa shape index (κ2) is 12.7. The van der Waals surface area contributed by atoms with E-state index in [0.717, 1.165) is 0 Å². The van der Waals surface area contributed by atoms with Crippen molar-refractivity contribution in [2.45, 2.75) is 118 Å². The van der Waals surface area contributed by atoms with Gasteiger partial charge in [0.05, 0.1) is 8.07 Å². The first-order valence-electron chi connectivity index (χ1n) is 11.9. The van der Waals surface area contributed by atoms with Crippen molar-refractivity contribution >= 4 is 13.6 Å². The molecule has 0 nitrogen and oxygen atoms in total. The van der Waals surface area contributed by atoms with E-state index in [2.05, 4.69) is 77.3 Å². The molecule has 1 aromatic rings. The number of rotatable bonds is 13. The van der Waals surface area contributed by atoms with Gasteiger partial charge in [-0.25, -0.2) is 0 Å². The lowest BCUT2D eigenvalue weighted by atomic mass is 9.89. The maximum absolute atomic E-state index is 2.65. The van der Waals surface area contributed by atoms with Crippen molar-refractivity contribution in [1.82, 2.24) is 0 Å². The fourth-order valence-electron chi connectivity index (χ4n) is 3.83. The van der Waals surface area contributed by atoms with Crippen LogP contribution in [0.1, 0.15) is 103 Å². The molecular formula is C27H48Si. The Kier molecular flexibility index (Phi) is 11.4. The van der Waals surface area contributed by atoms with E-state index in [1.807, 2.05) is 0 Å². The summed E-state index contributed by atoms with van der Waals surface area (Å²) in [5.74, 6) is 0. The number of allylic oxidation sites excluding steroid dienone is 1. The second-order valence-electron chi connectivity index (χ2n) is 11.0. The molecule has 0 heterocycles. The molecule has 28 heavy (non-hydrogen) atoms. The zero-order valence-electron chi connectivity index (χ0n) is 20.2. The van der Waals surface area contributed by atoms with Gasteiger partial charge in [-0.1, -0.05) is 116 Å². The largest absolute Gasteiger partial charge is 0.0913 e. The fraction of sp³-hybridized carbons (Fsp3) is 0.704. The number of hydrogen-bond donors (Lipinski definition) is 0. The molecule has 1 rings (SSSR count). The van der Waals surface area contributed by atoms with Crippen LogP contribution in [0.5, 0.6) is 0 Å². The summed E-state index contributed by atoms with van der Waals surface area (Å²) in [6, 6.07) is 9.46. The van der Waals surface area contributed by atoms with Gasteiger partial charge >= 0.3 is 0 Å². The van der Waals surface area contributed by atoms with Crippen LogP contribution in [-0.2, 0) is 6.42 Å². The van der Waals surface area contributed by atoms with E-state index in [-0.39, 0.29) is 0 Å². The van der Waals surface area contributed by atoms with Crippen LogP contribution in [0.25, 0.3) is 5.57 Å². The standard InChI is InChI=1S/C27H48Si/c1-8-9-10-11-14-19-26(23-28(5,6)7)25-20-16-18-24(22-25)17-13-12-15-21-27(2,3)4/h16,18,20,22-23H,8-15,17,19,21H2,1-7H3/b26-23+. The molecule has 0 atom stereocenters. The van der Waals surface area contributed by atoms with Crippen LogP contribution in [-0.4, -0.2) is 8.07 Å². The first-order chi connectivity index (χ1) is 13.1. The van der Waals surface area contributed by atoms with E-state index < -0.39 is 8.07 Å². The number of hydrogen-bond acceptors (Lipinski definition) is 0. The smallest absolute Gasteiger partial charge is 0.0690 e. The van der Waals surface area contributed by atoms with Crippen molar-refractivity contribution in [3.05, 3.63) is 41.1 Å². The molecular weight excluding hydrogens is 352 g/mol. The summed E-state index contributed by atoms with van der Waals surface area (Å²) in [4.78, 5) is 0. The lowest BCUT2D eigenvalue weighted by Crippen LogP contribution is -2.16. The summed E-state index contributed by atoms with van der Waals surface area (Å²) < 4.78 is 0. The maximum atomic E-state index is 2.65. The topological polar surface area (TPSA) is 0 Å². The molecule has 0 amide bonds. The Morgan fingerprint density at radius 3 is 2.21 bits per heavy atom. The highest BCUT2D eigenvalue weighted by atomic mass is 28.3. The van der Waals surface area contributed by atoms with Crippen molar-refractivity contribution in [2.75, 3.05) is 0 Å². The van der Waals surface area contributed by atoms with Gasteiger partial charge in [0.2, 0.25) is 0 Å². The van der Waals surface area contributed by atoms with Crippen molar-refractivity contribution in [3.8, 4) is 0 Å². The first kappa shape index (κ1) is 25.2. The lowest BCUT2D eigenvalue weighted by molar-refractivity contribution is 0.358. The van der Waals surface area contributed by atoms with Crippen molar-refractivity contribution < 1.29 is 0 Å². The predicted molar refractivity (Wildman–Crippen MR) is 133 cm³/mol. The highest BCUT2D eigenvalue weighted by Crippen LogP contribution is 2.26. The Hall–Kier alpha value is -0.823. The quantitative estimate of drug-likeness (QED) is 0.228. The van der Waals surface area contributed by atoms with E-state index >= 15 is 0 Å². The summed E-state index contributed by atoms with van der Waals surface area (Å²) in [6.07, 6.45) is 14.7. The second-order valence-corrected chi connectivity index (χ2v) is 16.0. The molecule has 0 spiro atoms. The first-order valence-corrected chi connectivity index (χ1v) is 15.5. The fourth-order valence-corrected chi connectivity index (χ4v) is 5.19. The lowest BCUT2D eigenvalue weighted by Gasteiger charge is -2.17. The van der Waals surface area contributed by atoms with Crippen LogP contribution in [0.4, 0.5) is 0 Å². The third-order valence-corrected chi connectivity index (χ3v) is 6.56. The predicted octanol–water partition coefficient (Wildman–Crippen LogP) is 9.46. The molecule has 0 saturated heterocycles. The minimum Gasteiger partial charge on any atom is -0.0913 e. The molecule has 160 valence electrons. The SMILES string of the molecule is CCCCCCC/C(=C\[Si](C)(C)C)c1cccc(CCCCCC(C)(C)C)c1. The molecule has 1 aromatic carbocycles. The average molecular weight is 401 g/mol. The zero-order valence-corrected chi connectivity index (χ0v) is 21.2. The molecule has 0 N–H and O–H groups in total. The van der Waals surface area contributed by atoms with Gasteiger partial charge in [-0.3, -0.25) is 0 Å². The Bertz CT molecular complexity index is 569. The van der Waals surface area contributed by atoms with Crippen LogP contribution in [0.2, 0.25) is 19.6 Å². The van der Waals surface area contributed by atoms with Gasteiger partial charge in [0.25, 0.3) is 0 Å². The van der Waals surface area contributed by atoms with Crippen molar-refractivity contribution in [1.29, 1.82) is 0 Å². The average Bonchev–Trinajstić information content (AvgIpc) is 2.58. The van der Waals surface area contributed by atoms with Crippen LogP contribution < -0.4 is 0 Å². The third-order valence-electron chi connectivity index (χ3n) is 5.35. The van der Waals surface area contributed by atoms with Crippen LogP contribution >= 0.6 is 0 Å². The van der Waals surface area contributed by atoms with Crippen LogP contribution in [0, 0.1) is 5.41 Å². The Labute approximate surface area is 178 Å². The number of unbranched alkanes of at least 4 members (excludes halogenated alkanes) is 6. The maximum Gasteiger partial charge on any atom is 0.0690 e. The van der Waals surface area contributed by atoms with Gasteiger partial charge in [0.1, 0.15) is 0 Å². The van der Waals surface area contributed by atoms with E-state index in [9.17, 15) is 0 Å². The molecule has 0 aliphatic carbocycles. The Morgan fingerprint density at radius 1 is 0.893 bits per heavy atom. The van der Waals surface area contributed by atoms with Gasteiger partial charge in [0.15, 0.2) is 0 Å². The van der Waals surface area contributed by atoms with Crippen molar-refractivity contribution in [3.63, 3.8) is 0 Å². The van der Waals surface area contributed by atoms with E-state index in [0.29, 0.717) is 5.41 Å². The van der Waals surface area contributed by atoms with E-state index in [4.69, 9.17) is 0 Å². The molecule has 0 unspecified atom stereocenters. The van der Waals surface area contributed by atoms with Gasteiger partial charge in [0, 0.05) is 0 Å². The van der Waals surface area contributed by atoms with Gasteiger partial charge in [-0.2, -0.15) is 0 Å². The van der Waals surface area contributed by atoms with Gasteiger partial charge in [-0.15, -0.1) is 0 Å². The molecule has 0 aromatic heterocycles. The molecule has 0 radical (unpaired) electrons. The Balaban J connectivity index is 2.67. The van der Waals surface area contributed by atoms with Gasteiger partial charge < -0.3 is 0 Å². The minimum absolute atomic E-state index is 0.480. The minimum atomic E-state index is -1.21. The molecule has 0 saturated carbocycles. The summed E-state index contributed by atoms with van der Waals surface area (Å²) >= 11 is 0. The number of aryl methyl sites for hydroxylation is 1. The van der Waals surface area contributed by atoms with Crippen LogP contribution in [0.3, 0.4) is 0 Å². The molecule has 0 aliphatic rings. The van der Waals surface area contributed by atoms with E-state index in [1.54, 1.807) is 5.57 Å². The van der Waals surface area contributed by atoms with E-state index in [1.165, 1.54) is 81.8 Å². The summed E-state index contributed by atoms with van der Waals surface area (Å²) in [5.41, 5.74) is 7.76. The molecule has 0 aliphatic heterocycles. The Morgan fingerprint density at radius 2 is 1.57 bits per heavy atom.